The first-order valence-corrected chi connectivity index (χ1v) is 6.30. The van der Waals surface area contributed by atoms with E-state index < -0.39 is 0 Å². The highest BCUT2D eigenvalue weighted by Crippen LogP contribution is 2.42. The van der Waals surface area contributed by atoms with Crippen molar-refractivity contribution in [1.29, 1.82) is 5.26 Å². The van der Waals surface area contributed by atoms with Crippen molar-refractivity contribution in [1.82, 2.24) is 0 Å². The Kier molecular flexibility index (Phi) is 3.38. The third-order valence-corrected chi connectivity index (χ3v) is 3.95. The van der Waals surface area contributed by atoms with E-state index in [1.165, 1.54) is 18.4 Å². The Labute approximate surface area is 103 Å². The molecule has 1 saturated carbocycles. The van der Waals surface area contributed by atoms with Crippen LogP contribution >= 0.6 is 0 Å². The smallest absolute Gasteiger partial charge is 0.121 e. The molecule has 0 amide bonds. The van der Waals surface area contributed by atoms with Crippen LogP contribution in [-0.4, -0.2) is 5.11 Å². The Morgan fingerprint density at radius 3 is 2.53 bits per heavy atom. The number of hydrogen-bond donors (Lipinski definition) is 1. The minimum Gasteiger partial charge on any atom is -0.507 e. The van der Waals surface area contributed by atoms with E-state index in [4.69, 9.17) is 5.26 Å². The summed E-state index contributed by atoms with van der Waals surface area (Å²) in [5.74, 6) is 1.42. The number of phenolic OH excluding ortho intramolecular Hbond substituents is 1. The fourth-order valence-corrected chi connectivity index (χ4v) is 3.04. The zero-order valence-corrected chi connectivity index (χ0v) is 10.5. The van der Waals surface area contributed by atoms with Gasteiger partial charge in [0, 0.05) is 6.42 Å². The molecule has 2 unspecified atom stereocenters. The van der Waals surface area contributed by atoms with Gasteiger partial charge in [-0.15, -0.1) is 0 Å². The molecule has 0 saturated heterocycles. The maximum atomic E-state index is 9.79. The summed E-state index contributed by atoms with van der Waals surface area (Å²) < 4.78 is 0. The van der Waals surface area contributed by atoms with E-state index >= 15 is 0 Å². The van der Waals surface area contributed by atoms with E-state index in [-0.39, 0.29) is 0 Å². The lowest BCUT2D eigenvalue weighted by molar-refractivity contribution is 0.463. The molecule has 0 aromatic heterocycles. The Morgan fingerprint density at radius 1 is 1.29 bits per heavy atom. The number of nitrogens with zero attached hydrogens (tertiary/aromatic N) is 1. The largest absolute Gasteiger partial charge is 0.507 e. The van der Waals surface area contributed by atoms with Crippen molar-refractivity contribution < 1.29 is 5.11 Å². The van der Waals surface area contributed by atoms with Gasteiger partial charge in [-0.2, -0.15) is 5.26 Å². The number of phenols is 1. The Hall–Kier alpha value is -1.49. The first-order chi connectivity index (χ1) is 8.13. The highest BCUT2D eigenvalue weighted by molar-refractivity contribution is 5.43. The van der Waals surface area contributed by atoms with Crippen LogP contribution < -0.4 is 0 Å². The molecule has 0 radical (unpaired) electrons. The van der Waals surface area contributed by atoms with Gasteiger partial charge in [-0.05, 0) is 55.2 Å². The maximum Gasteiger partial charge on any atom is 0.121 e. The summed E-state index contributed by atoms with van der Waals surface area (Å²) in [7, 11) is 0. The van der Waals surface area contributed by atoms with Crippen LogP contribution in [0.4, 0.5) is 0 Å². The maximum absolute atomic E-state index is 9.79. The molecule has 90 valence electrons. The third kappa shape index (κ3) is 2.29. The number of benzene rings is 1. The monoisotopic (exact) mass is 229 g/mol. The second-order valence-corrected chi connectivity index (χ2v) is 5.16. The first-order valence-electron chi connectivity index (χ1n) is 6.30. The molecule has 2 heteroatoms. The van der Waals surface area contributed by atoms with Crippen LogP contribution in [0.2, 0.25) is 0 Å². The molecule has 1 aliphatic rings. The molecular formula is C15H19NO. The van der Waals surface area contributed by atoms with Gasteiger partial charge in [0.2, 0.25) is 0 Å². The summed E-state index contributed by atoms with van der Waals surface area (Å²) in [6, 6.07) is 6.47. The van der Waals surface area contributed by atoms with Crippen LogP contribution in [0.25, 0.3) is 0 Å². The van der Waals surface area contributed by atoms with Gasteiger partial charge in [-0.25, -0.2) is 0 Å². The van der Waals surface area contributed by atoms with Crippen LogP contribution in [0.3, 0.4) is 0 Å². The second-order valence-electron chi connectivity index (χ2n) is 5.16. The van der Waals surface area contributed by atoms with Gasteiger partial charge in [-0.1, -0.05) is 18.6 Å². The van der Waals surface area contributed by atoms with Gasteiger partial charge >= 0.3 is 0 Å². The molecule has 0 heterocycles. The first kappa shape index (κ1) is 12.0. The average molecular weight is 229 g/mol. The van der Waals surface area contributed by atoms with E-state index in [0.717, 1.165) is 17.5 Å². The minimum atomic E-state index is 0.406. The molecule has 17 heavy (non-hydrogen) atoms. The van der Waals surface area contributed by atoms with E-state index in [9.17, 15) is 5.11 Å². The molecule has 1 aliphatic carbocycles. The van der Waals surface area contributed by atoms with Gasteiger partial charge in [0.15, 0.2) is 0 Å². The standard InChI is InChI=1S/C15H19NO/c1-10-8-13(9-11(2)15(10)17)14-5-3-4-12(14)6-7-16/h8-9,12,14,17H,3-6H2,1-2H3. The van der Waals surface area contributed by atoms with Crippen molar-refractivity contribution in [2.24, 2.45) is 5.92 Å². The SMILES string of the molecule is Cc1cc(C2CCCC2CC#N)cc(C)c1O. The fraction of sp³-hybridized carbons (Fsp3) is 0.533. The molecule has 2 rings (SSSR count). The zero-order valence-electron chi connectivity index (χ0n) is 10.5. The predicted octanol–water partition coefficient (Wildman–Crippen LogP) is 3.81. The molecule has 0 aliphatic heterocycles. The number of rotatable bonds is 2. The van der Waals surface area contributed by atoms with E-state index in [1.807, 2.05) is 13.8 Å². The summed E-state index contributed by atoms with van der Waals surface area (Å²) in [4.78, 5) is 0. The van der Waals surface area contributed by atoms with Crippen molar-refractivity contribution in [3.05, 3.63) is 28.8 Å². The minimum absolute atomic E-state index is 0.406. The lowest BCUT2D eigenvalue weighted by Gasteiger charge is -2.19. The van der Waals surface area contributed by atoms with Gasteiger partial charge in [0.1, 0.15) is 5.75 Å². The summed E-state index contributed by atoms with van der Waals surface area (Å²) in [6.45, 7) is 3.89. The Bertz CT molecular complexity index is 435. The van der Waals surface area contributed by atoms with Crippen LogP contribution in [0.1, 0.15) is 48.3 Å². The molecule has 0 spiro atoms. The number of hydrogen-bond acceptors (Lipinski definition) is 2. The number of aryl methyl sites for hydroxylation is 2. The normalized spacial score (nSPS) is 23.6. The Morgan fingerprint density at radius 2 is 1.94 bits per heavy atom. The lowest BCUT2D eigenvalue weighted by Crippen LogP contribution is -2.06. The van der Waals surface area contributed by atoms with Crippen molar-refractivity contribution in [2.45, 2.75) is 45.4 Å². The highest BCUT2D eigenvalue weighted by Gasteiger charge is 2.28. The highest BCUT2D eigenvalue weighted by atomic mass is 16.3. The Balaban J connectivity index is 2.31. The van der Waals surface area contributed by atoms with Gasteiger partial charge < -0.3 is 5.11 Å². The van der Waals surface area contributed by atoms with Gasteiger partial charge in [-0.3, -0.25) is 0 Å². The average Bonchev–Trinajstić information content (AvgIpc) is 2.74. The molecular weight excluding hydrogens is 210 g/mol. The van der Waals surface area contributed by atoms with E-state index in [0.29, 0.717) is 24.0 Å². The second kappa shape index (κ2) is 4.79. The lowest BCUT2D eigenvalue weighted by atomic mass is 9.85. The molecule has 0 bridgehead atoms. The van der Waals surface area contributed by atoms with Crippen LogP contribution in [0.5, 0.6) is 5.75 Å². The molecule has 1 N–H and O–H groups in total. The van der Waals surface area contributed by atoms with E-state index in [2.05, 4.69) is 18.2 Å². The predicted molar refractivity (Wildman–Crippen MR) is 67.9 cm³/mol. The molecule has 1 aromatic carbocycles. The summed E-state index contributed by atoms with van der Waals surface area (Å²) in [6.07, 6.45) is 4.22. The van der Waals surface area contributed by atoms with Crippen LogP contribution in [0, 0.1) is 31.1 Å². The summed E-state index contributed by atoms with van der Waals surface area (Å²) in [5, 5.41) is 18.6. The molecule has 1 fully saturated rings. The third-order valence-electron chi connectivity index (χ3n) is 3.95. The number of aromatic hydroxyl groups is 1. The van der Waals surface area contributed by atoms with Crippen molar-refractivity contribution in [3.8, 4) is 11.8 Å². The molecule has 2 nitrogen and oxygen atoms in total. The van der Waals surface area contributed by atoms with Gasteiger partial charge in [0.05, 0.1) is 6.07 Å². The summed E-state index contributed by atoms with van der Waals surface area (Å²) in [5.41, 5.74) is 3.20. The van der Waals surface area contributed by atoms with E-state index in [1.54, 1.807) is 0 Å². The van der Waals surface area contributed by atoms with Crippen molar-refractivity contribution in [2.75, 3.05) is 0 Å². The summed E-state index contributed by atoms with van der Waals surface area (Å²) >= 11 is 0. The zero-order chi connectivity index (χ0) is 12.4. The quantitative estimate of drug-likeness (QED) is 0.838. The van der Waals surface area contributed by atoms with Crippen molar-refractivity contribution >= 4 is 0 Å². The molecule has 1 aromatic rings. The topological polar surface area (TPSA) is 44.0 Å². The fourth-order valence-electron chi connectivity index (χ4n) is 3.04. The van der Waals surface area contributed by atoms with Crippen molar-refractivity contribution in [3.63, 3.8) is 0 Å². The van der Waals surface area contributed by atoms with Crippen LogP contribution in [-0.2, 0) is 0 Å². The van der Waals surface area contributed by atoms with Crippen LogP contribution in [0.15, 0.2) is 12.1 Å². The number of nitriles is 1. The van der Waals surface area contributed by atoms with Gasteiger partial charge in [0.25, 0.3) is 0 Å². The molecule has 2 atom stereocenters.